The average molecular weight is 360 g/mol. The summed E-state index contributed by atoms with van der Waals surface area (Å²) in [7, 11) is -0.197. The molecule has 0 spiro atoms. The number of hydrogen-bond acceptors (Lipinski definition) is 4. The SMILES string of the molecule is COc1cccc(OC)c1C(=O)P(=O)(Cc1ccccc1)CC(C)C. The summed E-state index contributed by atoms with van der Waals surface area (Å²) in [6, 6.07) is 14.6. The van der Waals surface area contributed by atoms with Crippen molar-refractivity contribution in [1.82, 2.24) is 0 Å². The third kappa shape index (κ3) is 4.52. The number of rotatable bonds is 8. The molecule has 5 heteroatoms. The molecular formula is C20H25O4P. The summed E-state index contributed by atoms with van der Waals surface area (Å²) < 4.78 is 24.4. The van der Waals surface area contributed by atoms with Crippen molar-refractivity contribution in [2.24, 2.45) is 5.92 Å². The average Bonchev–Trinajstić information content (AvgIpc) is 2.60. The smallest absolute Gasteiger partial charge is 0.229 e. The Morgan fingerprint density at radius 3 is 2.00 bits per heavy atom. The van der Waals surface area contributed by atoms with Gasteiger partial charge < -0.3 is 14.0 Å². The van der Waals surface area contributed by atoms with E-state index in [1.165, 1.54) is 14.2 Å². The summed E-state index contributed by atoms with van der Waals surface area (Å²) in [6.45, 7) is 3.95. The van der Waals surface area contributed by atoms with Gasteiger partial charge in [-0.15, -0.1) is 0 Å². The van der Waals surface area contributed by atoms with Crippen LogP contribution in [-0.4, -0.2) is 25.9 Å². The van der Waals surface area contributed by atoms with Crippen LogP contribution >= 0.6 is 7.14 Å². The summed E-state index contributed by atoms with van der Waals surface area (Å²) in [5.41, 5.74) is 0.792. The molecule has 0 aliphatic heterocycles. The Morgan fingerprint density at radius 2 is 1.52 bits per heavy atom. The van der Waals surface area contributed by atoms with Crippen molar-refractivity contribution in [2.75, 3.05) is 20.4 Å². The molecule has 0 amide bonds. The topological polar surface area (TPSA) is 52.6 Å². The number of ether oxygens (including phenoxy) is 2. The minimum Gasteiger partial charge on any atom is -0.496 e. The van der Waals surface area contributed by atoms with E-state index in [-0.39, 0.29) is 23.2 Å². The largest absolute Gasteiger partial charge is 0.496 e. The summed E-state index contributed by atoms with van der Waals surface area (Å²) in [5.74, 6) is 0.919. The van der Waals surface area contributed by atoms with Gasteiger partial charge in [0, 0.05) is 12.3 Å². The standard InChI is InChI=1S/C20H25O4P/c1-15(2)13-25(22,14-16-9-6-5-7-10-16)20(21)19-17(23-3)11-8-12-18(19)24-4/h5-12,15H,13-14H2,1-4H3. The molecule has 4 nitrogen and oxygen atoms in total. The zero-order chi connectivity index (χ0) is 18.4. The van der Waals surface area contributed by atoms with Crippen LogP contribution in [0.4, 0.5) is 0 Å². The predicted octanol–water partition coefficient (Wildman–Crippen LogP) is 5.06. The molecule has 0 saturated carbocycles. The van der Waals surface area contributed by atoms with Crippen molar-refractivity contribution in [3.8, 4) is 11.5 Å². The van der Waals surface area contributed by atoms with Gasteiger partial charge in [0.05, 0.1) is 14.2 Å². The van der Waals surface area contributed by atoms with Crippen LogP contribution in [0.25, 0.3) is 0 Å². The molecule has 134 valence electrons. The third-order valence-electron chi connectivity index (χ3n) is 3.95. The van der Waals surface area contributed by atoms with Gasteiger partial charge in [0.15, 0.2) is 7.14 Å². The zero-order valence-electron chi connectivity index (χ0n) is 15.2. The number of carbonyl (C=O) groups excluding carboxylic acids is 1. The summed E-state index contributed by atoms with van der Waals surface area (Å²) in [4.78, 5) is 13.3. The molecule has 25 heavy (non-hydrogen) atoms. The third-order valence-corrected chi connectivity index (χ3v) is 7.11. The van der Waals surface area contributed by atoms with Crippen LogP contribution < -0.4 is 9.47 Å². The Kier molecular flexibility index (Phi) is 6.44. The molecule has 0 aliphatic rings. The van der Waals surface area contributed by atoms with E-state index in [4.69, 9.17) is 9.47 Å². The quantitative estimate of drug-likeness (QED) is 0.617. The lowest BCUT2D eigenvalue weighted by Crippen LogP contribution is -2.12. The predicted molar refractivity (Wildman–Crippen MR) is 101 cm³/mol. The highest BCUT2D eigenvalue weighted by atomic mass is 31.2. The van der Waals surface area contributed by atoms with Gasteiger partial charge >= 0.3 is 0 Å². The van der Waals surface area contributed by atoms with E-state index in [9.17, 15) is 9.36 Å². The second kappa shape index (κ2) is 8.35. The minimum atomic E-state index is -3.19. The maximum atomic E-state index is 13.8. The molecule has 1 atom stereocenters. The number of methoxy groups -OCH3 is 2. The first-order valence-electron chi connectivity index (χ1n) is 8.29. The molecule has 2 rings (SSSR count). The Balaban J connectivity index is 2.52. The van der Waals surface area contributed by atoms with Crippen LogP contribution in [0.2, 0.25) is 0 Å². The monoisotopic (exact) mass is 360 g/mol. The maximum absolute atomic E-state index is 13.8. The van der Waals surface area contributed by atoms with Crippen LogP contribution in [0.1, 0.15) is 29.8 Å². The highest BCUT2D eigenvalue weighted by Gasteiger charge is 2.37. The van der Waals surface area contributed by atoms with Crippen molar-refractivity contribution >= 4 is 12.7 Å². The van der Waals surface area contributed by atoms with E-state index < -0.39 is 7.14 Å². The molecule has 0 aliphatic carbocycles. The molecule has 2 aromatic rings. The molecule has 2 aromatic carbocycles. The second-order valence-corrected chi connectivity index (χ2v) is 9.32. The maximum Gasteiger partial charge on any atom is 0.229 e. The van der Waals surface area contributed by atoms with E-state index in [1.54, 1.807) is 18.2 Å². The van der Waals surface area contributed by atoms with Crippen LogP contribution in [0, 0.1) is 5.92 Å². The number of benzene rings is 2. The summed E-state index contributed by atoms with van der Waals surface area (Å²) in [5, 5.41) is 0. The summed E-state index contributed by atoms with van der Waals surface area (Å²) >= 11 is 0. The van der Waals surface area contributed by atoms with Gasteiger partial charge in [-0.05, 0) is 23.6 Å². The first-order valence-corrected chi connectivity index (χ1v) is 10.4. The molecule has 0 fully saturated rings. The van der Waals surface area contributed by atoms with Gasteiger partial charge in [0.25, 0.3) is 0 Å². The molecule has 0 N–H and O–H groups in total. The fraction of sp³-hybridized carbons (Fsp3) is 0.350. The lowest BCUT2D eigenvalue weighted by Gasteiger charge is -2.21. The van der Waals surface area contributed by atoms with Crippen molar-refractivity contribution < 1.29 is 18.8 Å². The first-order chi connectivity index (χ1) is 11.9. The highest BCUT2D eigenvalue weighted by Crippen LogP contribution is 2.55. The normalized spacial score (nSPS) is 13.3. The van der Waals surface area contributed by atoms with E-state index in [2.05, 4.69) is 0 Å². The van der Waals surface area contributed by atoms with Crippen LogP contribution in [-0.2, 0) is 10.7 Å². The molecule has 0 radical (unpaired) electrons. The van der Waals surface area contributed by atoms with E-state index in [1.807, 2.05) is 44.2 Å². The highest BCUT2D eigenvalue weighted by molar-refractivity contribution is 7.80. The fourth-order valence-corrected chi connectivity index (χ4v) is 6.00. The molecule has 1 unspecified atom stereocenters. The van der Waals surface area contributed by atoms with E-state index >= 15 is 0 Å². The van der Waals surface area contributed by atoms with Gasteiger partial charge in [-0.25, -0.2) is 0 Å². The summed E-state index contributed by atoms with van der Waals surface area (Å²) in [6.07, 6.45) is 0.591. The Hall–Kier alpha value is -2.06. The first kappa shape index (κ1) is 19.3. The van der Waals surface area contributed by atoms with Gasteiger partial charge in [-0.1, -0.05) is 50.2 Å². The van der Waals surface area contributed by atoms with E-state index in [0.717, 1.165) is 5.56 Å². The van der Waals surface area contributed by atoms with Crippen LogP contribution in [0.3, 0.4) is 0 Å². The van der Waals surface area contributed by atoms with Gasteiger partial charge in [-0.3, -0.25) is 4.79 Å². The molecule has 0 heterocycles. The van der Waals surface area contributed by atoms with Crippen molar-refractivity contribution in [3.63, 3.8) is 0 Å². The lowest BCUT2D eigenvalue weighted by atomic mass is 10.2. The van der Waals surface area contributed by atoms with Crippen molar-refractivity contribution in [1.29, 1.82) is 0 Å². The zero-order valence-corrected chi connectivity index (χ0v) is 16.1. The van der Waals surface area contributed by atoms with Gasteiger partial charge in [0.2, 0.25) is 5.52 Å². The second-order valence-electron chi connectivity index (χ2n) is 6.45. The fourth-order valence-electron chi connectivity index (χ4n) is 2.95. The molecule has 0 aromatic heterocycles. The lowest BCUT2D eigenvalue weighted by molar-refractivity contribution is 0.106. The molecule has 0 saturated heterocycles. The Bertz CT molecular complexity index is 746. The van der Waals surface area contributed by atoms with Gasteiger partial charge in [-0.2, -0.15) is 0 Å². The van der Waals surface area contributed by atoms with E-state index in [0.29, 0.717) is 17.7 Å². The number of hydrogen-bond donors (Lipinski definition) is 0. The van der Waals surface area contributed by atoms with Crippen LogP contribution in [0.15, 0.2) is 48.5 Å². The van der Waals surface area contributed by atoms with Crippen LogP contribution in [0.5, 0.6) is 11.5 Å². The Morgan fingerprint density at radius 1 is 0.960 bits per heavy atom. The Labute approximate surface area is 149 Å². The minimum absolute atomic E-state index is 0.138. The van der Waals surface area contributed by atoms with Crippen molar-refractivity contribution in [2.45, 2.75) is 20.0 Å². The number of carbonyl (C=O) groups is 1. The molecular weight excluding hydrogens is 335 g/mol. The van der Waals surface area contributed by atoms with Crippen molar-refractivity contribution in [3.05, 3.63) is 59.7 Å². The molecule has 0 bridgehead atoms. The van der Waals surface area contributed by atoms with Gasteiger partial charge in [0.1, 0.15) is 17.1 Å².